The Hall–Kier alpha value is -1.71. The number of hydrogen-bond acceptors (Lipinski definition) is 3. The molecule has 4 nitrogen and oxygen atoms in total. The highest BCUT2D eigenvalue weighted by Crippen LogP contribution is 2.20. The van der Waals surface area contributed by atoms with E-state index in [0.717, 1.165) is 6.42 Å². The van der Waals surface area contributed by atoms with E-state index in [4.69, 9.17) is 10.5 Å². The van der Waals surface area contributed by atoms with Gasteiger partial charge in [-0.25, -0.2) is 0 Å². The third-order valence-corrected chi connectivity index (χ3v) is 2.46. The molecule has 1 aromatic carbocycles. The summed E-state index contributed by atoms with van der Waals surface area (Å²) in [5.41, 5.74) is 6.67. The average Bonchev–Trinajstić information content (AvgIpc) is 2.28. The molecule has 88 valence electrons. The SMILES string of the molecule is CCC(C)NC(=O)c1cc(N)ccc1OC. The van der Waals surface area contributed by atoms with Gasteiger partial charge in [0.2, 0.25) is 0 Å². The molecule has 1 rings (SSSR count). The average molecular weight is 222 g/mol. The van der Waals surface area contributed by atoms with Crippen LogP contribution in [0.2, 0.25) is 0 Å². The fourth-order valence-electron chi connectivity index (χ4n) is 1.31. The number of nitrogens with one attached hydrogen (secondary N) is 1. The van der Waals surface area contributed by atoms with Gasteiger partial charge < -0.3 is 15.8 Å². The van der Waals surface area contributed by atoms with E-state index in [2.05, 4.69) is 5.32 Å². The Morgan fingerprint density at radius 2 is 2.25 bits per heavy atom. The predicted molar refractivity (Wildman–Crippen MR) is 64.6 cm³/mol. The van der Waals surface area contributed by atoms with Crippen LogP contribution in [0.5, 0.6) is 5.75 Å². The Labute approximate surface area is 95.8 Å². The maximum Gasteiger partial charge on any atom is 0.255 e. The molecule has 0 aliphatic carbocycles. The molecule has 4 heteroatoms. The minimum absolute atomic E-state index is 0.138. The van der Waals surface area contributed by atoms with E-state index in [0.29, 0.717) is 17.0 Å². The number of rotatable bonds is 4. The summed E-state index contributed by atoms with van der Waals surface area (Å²) >= 11 is 0. The highest BCUT2D eigenvalue weighted by molar-refractivity contribution is 5.97. The molecular weight excluding hydrogens is 204 g/mol. The molecule has 1 unspecified atom stereocenters. The lowest BCUT2D eigenvalue weighted by molar-refractivity contribution is 0.0936. The number of carbonyl (C=O) groups excluding carboxylic acids is 1. The number of amides is 1. The summed E-state index contributed by atoms with van der Waals surface area (Å²) in [4.78, 5) is 11.9. The summed E-state index contributed by atoms with van der Waals surface area (Å²) in [7, 11) is 1.53. The molecule has 0 aromatic heterocycles. The highest BCUT2D eigenvalue weighted by atomic mass is 16.5. The number of ether oxygens (including phenoxy) is 1. The fourth-order valence-corrected chi connectivity index (χ4v) is 1.31. The maximum atomic E-state index is 11.9. The quantitative estimate of drug-likeness (QED) is 0.763. The van der Waals surface area contributed by atoms with Crippen LogP contribution in [-0.2, 0) is 0 Å². The Kier molecular flexibility index (Phi) is 4.17. The lowest BCUT2D eigenvalue weighted by atomic mass is 10.1. The van der Waals surface area contributed by atoms with Gasteiger partial charge in [0.1, 0.15) is 5.75 Å². The topological polar surface area (TPSA) is 64.4 Å². The van der Waals surface area contributed by atoms with E-state index in [-0.39, 0.29) is 11.9 Å². The molecule has 16 heavy (non-hydrogen) atoms. The van der Waals surface area contributed by atoms with Crippen LogP contribution in [-0.4, -0.2) is 19.1 Å². The molecule has 0 aliphatic rings. The van der Waals surface area contributed by atoms with Gasteiger partial charge in [0.25, 0.3) is 5.91 Å². The smallest absolute Gasteiger partial charge is 0.255 e. The summed E-state index contributed by atoms with van der Waals surface area (Å²) in [6.07, 6.45) is 0.885. The molecule has 1 atom stereocenters. The van der Waals surface area contributed by atoms with E-state index in [1.54, 1.807) is 18.2 Å². The van der Waals surface area contributed by atoms with Crippen LogP contribution < -0.4 is 15.8 Å². The first-order valence-corrected chi connectivity index (χ1v) is 5.32. The third-order valence-electron chi connectivity index (χ3n) is 2.46. The van der Waals surface area contributed by atoms with Crippen LogP contribution >= 0.6 is 0 Å². The molecule has 0 radical (unpaired) electrons. The van der Waals surface area contributed by atoms with Gasteiger partial charge in [-0.15, -0.1) is 0 Å². The lowest BCUT2D eigenvalue weighted by Gasteiger charge is -2.13. The molecule has 0 spiro atoms. The van der Waals surface area contributed by atoms with Crippen LogP contribution in [0.25, 0.3) is 0 Å². The van der Waals surface area contributed by atoms with E-state index >= 15 is 0 Å². The molecule has 1 amide bonds. The molecule has 0 heterocycles. The van der Waals surface area contributed by atoms with Crippen molar-refractivity contribution in [2.24, 2.45) is 0 Å². The zero-order chi connectivity index (χ0) is 12.1. The zero-order valence-electron chi connectivity index (χ0n) is 9.91. The van der Waals surface area contributed by atoms with Gasteiger partial charge in [-0.3, -0.25) is 4.79 Å². The van der Waals surface area contributed by atoms with Gasteiger partial charge >= 0.3 is 0 Å². The second-order valence-corrected chi connectivity index (χ2v) is 3.74. The monoisotopic (exact) mass is 222 g/mol. The van der Waals surface area contributed by atoms with Crippen molar-refractivity contribution in [3.8, 4) is 5.75 Å². The molecule has 0 fully saturated rings. The summed E-state index contributed by atoms with van der Waals surface area (Å²) in [6.45, 7) is 3.97. The first-order valence-electron chi connectivity index (χ1n) is 5.32. The second kappa shape index (κ2) is 5.39. The summed E-state index contributed by atoms with van der Waals surface area (Å²) in [5, 5.41) is 2.87. The van der Waals surface area contributed by atoms with Crippen LogP contribution in [0.4, 0.5) is 5.69 Å². The number of carbonyl (C=O) groups is 1. The number of nitrogens with two attached hydrogens (primary N) is 1. The molecule has 3 N–H and O–H groups in total. The standard InChI is InChI=1S/C12H18N2O2/c1-4-8(2)14-12(15)10-7-9(13)5-6-11(10)16-3/h5-8H,4,13H2,1-3H3,(H,14,15). The lowest BCUT2D eigenvalue weighted by Crippen LogP contribution is -2.32. The number of benzene rings is 1. The predicted octanol–water partition coefficient (Wildman–Crippen LogP) is 1.81. The van der Waals surface area contributed by atoms with Crippen molar-refractivity contribution in [2.75, 3.05) is 12.8 Å². The Morgan fingerprint density at radius 1 is 1.56 bits per heavy atom. The fraction of sp³-hybridized carbons (Fsp3) is 0.417. The number of hydrogen-bond donors (Lipinski definition) is 2. The van der Waals surface area contributed by atoms with E-state index in [1.165, 1.54) is 7.11 Å². The second-order valence-electron chi connectivity index (χ2n) is 3.74. The minimum Gasteiger partial charge on any atom is -0.496 e. The van der Waals surface area contributed by atoms with Gasteiger partial charge in [0, 0.05) is 11.7 Å². The summed E-state index contributed by atoms with van der Waals surface area (Å²) in [5.74, 6) is 0.383. The van der Waals surface area contributed by atoms with Crippen molar-refractivity contribution < 1.29 is 9.53 Å². The largest absolute Gasteiger partial charge is 0.496 e. The van der Waals surface area contributed by atoms with Crippen molar-refractivity contribution in [3.63, 3.8) is 0 Å². The van der Waals surface area contributed by atoms with Gasteiger partial charge in [0.05, 0.1) is 12.7 Å². The van der Waals surface area contributed by atoms with Gasteiger partial charge in [-0.2, -0.15) is 0 Å². The normalized spacial score (nSPS) is 11.9. The Balaban J connectivity index is 2.93. The van der Waals surface area contributed by atoms with E-state index in [9.17, 15) is 4.79 Å². The van der Waals surface area contributed by atoms with Crippen LogP contribution in [0.3, 0.4) is 0 Å². The minimum atomic E-state index is -0.154. The van der Waals surface area contributed by atoms with Crippen LogP contribution in [0.1, 0.15) is 30.6 Å². The van der Waals surface area contributed by atoms with Crippen molar-refractivity contribution in [1.29, 1.82) is 0 Å². The third kappa shape index (κ3) is 2.89. The molecule has 0 saturated heterocycles. The van der Waals surface area contributed by atoms with Gasteiger partial charge in [-0.1, -0.05) is 6.92 Å². The molecule has 0 bridgehead atoms. The first-order chi connectivity index (χ1) is 7.58. The molecule has 0 aliphatic heterocycles. The maximum absolute atomic E-state index is 11.9. The zero-order valence-corrected chi connectivity index (χ0v) is 9.91. The summed E-state index contributed by atoms with van der Waals surface area (Å²) in [6, 6.07) is 5.16. The van der Waals surface area contributed by atoms with Crippen molar-refractivity contribution in [3.05, 3.63) is 23.8 Å². The van der Waals surface area contributed by atoms with Gasteiger partial charge in [0.15, 0.2) is 0 Å². The van der Waals surface area contributed by atoms with Crippen molar-refractivity contribution in [2.45, 2.75) is 26.3 Å². The van der Waals surface area contributed by atoms with E-state index < -0.39 is 0 Å². The van der Waals surface area contributed by atoms with Crippen molar-refractivity contribution in [1.82, 2.24) is 5.32 Å². The van der Waals surface area contributed by atoms with Crippen LogP contribution in [0, 0.1) is 0 Å². The van der Waals surface area contributed by atoms with Gasteiger partial charge in [-0.05, 0) is 31.5 Å². The molecular formula is C12H18N2O2. The first kappa shape index (κ1) is 12.4. The summed E-state index contributed by atoms with van der Waals surface area (Å²) < 4.78 is 5.12. The van der Waals surface area contributed by atoms with Crippen LogP contribution in [0.15, 0.2) is 18.2 Å². The number of anilines is 1. The molecule has 0 saturated carbocycles. The van der Waals surface area contributed by atoms with Crippen molar-refractivity contribution >= 4 is 11.6 Å². The Bertz CT molecular complexity index is 377. The number of methoxy groups -OCH3 is 1. The highest BCUT2D eigenvalue weighted by Gasteiger charge is 2.13. The molecule has 1 aromatic rings. The Morgan fingerprint density at radius 3 is 2.81 bits per heavy atom. The van der Waals surface area contributed by atoms with E-state index in [1.807, 2.05) is 13.8 Å². The number of nitrogen functional groups attached to an aromatic ring is 1.